The van der Waals surface area contributed by atoms with Crippen molar-refractivity contribution in [1.29, 1.82) is 0 Å². The lowest BCUT2D eigenvalue weighted by molar-refractivity contribution is 0.108. The topological polar surface area (TPSA) is 24.5 Å². The van der Waals surface area contributed by atoms with Crippen LogP contribution in [0.15, 0.2) is 0 Å². The molecule has 1 heterocycles. The summed E-state index contributed by atoms with van der Waals surface area (Å²) in [7, 11) is 1.81. The fourth-order valence-electron chi connectivity index (χ4n) is 1.82. The first-order valence-corrected chi connectivity index (χ1v) is 5.68. The summed E-state index contributed by atoms with van der Waals surface area (Å²) in [6, 6.07) is 0. The lowest BCUT2D eigenvalue weighted by Gasteiger charge is -2.16. The third-order valence-corrected chi connectivity index (χ3v) is 2.72. The van der Waals surface area contributed by atoms with Crippen molar-refractivity contribution in [2.75, 3.05) is 39.8 Å². The van der Waals surface area contributed by atoms with E-state index in [1.54, 1.807) is 0 Å². The maximum atomic E-state index is 5.32. The number of nitrogens with one attached hydrogen (secondary N) is 1. The predicted molar refractivity (Wildman–Crippen MR) is 59.6 cm³/mol. The number of methoxy groups -OCH3 is 1. The average Bonchev–Trinajstić information content (AvgIpc) is 2.60. The van der Waals surface area contributed by atoms with Gasteiger partial charge in [0.25, 0.3) is 0 Å². The molecule has 0 bridgehead atoms. The maximum Gasteiger partial charge on any atom is 0.0710 e. The fourth-order valence-corrected chi connectivity index (χ4v) is 1.82. The lowest BCUT2D eigenvalue weighted by Crippen LogP contribution is -2.32. The summed E-state index contributed by atoms with van der Waals surface area (Å²) in [5.41, 5.74) is 0. The molecule has 0 aliphatic carbocycles. The molecule has 1 aliphatic rings. The van der Waals surface area contributed by atoms with Gasteiger partial charge in [-0.1, -0.05) is 13.8 Å². The molecule has 3 nitrogen and oxygen atoms in total. The Morgan fingerprint density at radius 3 is 2.86 bits per heavy atom. The van der Waals surface area contributed by atoms with E-state index < -0.39 is 0 Å². The molecular weight excluding hydrogens is 176 g/mol. The van der Waals surface area contributed by atoms with Crippen molar-refractivity contribution in [3.63, 3.8) is 0 Å². The van der Waals surface area contributed by atoms with E-state index in [0.29, 0.717) is 6.10 Å². The molecule has 0 spiro atoms. The standard InChI is InChI=1S/C11H24N2O/c1-10(2)8-12-5-7-13-6-4-11(9-13)14-3/h10-12H,4-9H2,1-3H3. The van der Waals surface area contributed by atoms with Crippen molar-refractivity contribution in [2.45, 2.75) is 26.4 Å². The Kier molecular flexibility index (Phi) is 5.45. The number of rotatable bonds is 6. The second-order valence-electron chi connectivity index (χ2n) is 4.54. The molecule has 0 aromatic rings. The monoisotopic (exact) mass is 200 g/mol. The molecule has 1 rings (SSSR count). The number of hydrogen-bond acceptors (Lipinski definition) is 3. The normalized spacial score (nSPS) is 23.6. The molecule has 1 unspecified atom stereocenters. The van der Waals surface area contributed by atoms with Crippen LogP contribution < -0.4 is 5.32 Å². The van der Waals surface area contributed by atoms with Crippen LogP contribution in [0.5, 0.6) is 0 Å². The SMILES string of the molecule is COC1CCN(CCNCC(C)C)C1. The van der Waals surface area contributed by atoms with Gasteiger partial charge in [-0.2, -0.15) is 0 Å². The largest absolute Gasteiger partial charge is 0.380 e. The van der Waals surface area contributed by atoms with Gasteiger partial charge in [0.05, 0.1) is 6.10 Å². The molecule has 1 aliphatic heterocycles. The third kappa shape index (κ3) is 4.40. The van der Waals surface area contributed by atoms with Crippen molar-refractivity contribution in [1.82, 2.24) is 10.2 Å². The van der Waals surface area contributed by atoms with Gasteiger partial charge in [-0.15, -0.1) is 0 Å². The molecule has 84 valence electrons. The van der Waals surface area contributed by atoms with Gasteiger partial charge in [-0.05, 0) is 18.9 Å². The summed E-state index contributed by atoms with van der Waals surface area (Å²) < 4.78 is 5.32. The van der Waals surface area contributed by atoms with E-state index in [4.69, 9.17) is 4.74 Å². The van der Waals surface area contributed by atoms with Gasteiger partial charge in [-0.25, -0.2) is 0 Å². The summed E-state index contributed by atoms with van der Waals surface area (Å²) in [5, 5.41) is 3.46. The highest BCUT2D eigenvalue weighted by Crippen LogP contribution is 2.10. The maximum absolute atomic E-state index is 5.32. The van der Waals surface area contributed by atoms with Crippen LogP contribution >= 0.6 is 0 Å². The zero-order chi connectivity index (χ0) is 10.4. The molecule has 0 aromatic carbocycles. The second kappa shape index (κ2) is 6.38. The summed E-state index contributed by atoms with van der Waals surface area (Å²) in [5.74, 6) is 0.750. The molecule has 0 amide bonds. The minimum Gasteiger partial charge on any atom is -0.380 e. The van der Waals surface area contributed by atoms with E-state index in [0.717, 1.165) is 32.1 Å². The smallest absolute Gasteiger partial charge is 0.0710 e. The minimum atomic E-state index is 0.472. The highest BCUT2D eigenvalue weighted by Gasteiger charge is 2.20. The van der Waals surface area contributed by atoms with E-state index in [1.807, 2.05) is 7.11 Å². The Bertz CT molecular complexity index is 150. The predicted octanol–water partition coefficient (Wildman–Crippen LogP) is 0.953. The Labute approximate surface area is 87.8 Å². The van der Waals surface area contributed by atoms with Crippen molar-refractivity contribution in [2.24, 2.45) is 5.92 Å². The zero-order valence-corrected chi connectivity index (χ0v) is 9.75. The Balaban J connectivity index is 1.97. The van der Waals surface area contributed by atoms with Crippen LogP contribution in [-0.2, 0) is 4.74 Å². The minimum absolute atomic E-state index is 0.472. The third-order valence-electron chi connectivity index (χ3n) is 2.72. The quantitative estimate of drug-likeness (QED) is 0.646. The van der Waals surface area contributed by atoms with E-state index in [1.165, 1.54) is 13.0 Å². The molecule has 1 fully saturated rings. The van der Waals surface area contributed by atoms with Gasteiger partial charge in [0.1, 0.15) is 0 Å². The van der Waals surface area contributed by atoms with Crippen LogP contribution in [0.4, 0.5) is 0 Å². The van der Waals surface area contributed by atoms with E-state index in [-0.39, 0.29) is 0 Å². The van der Waals surface area contributed by atoms with Gasteiger partial charge in [0, 0.05) is 33.3 Å². The number of hydrogen-bond donors (Lipinski definition) is 1. The highest BCUT2D eigenvalue weighted by molar-refractivity contribution is 4.75. The summed E-state index contributed by atoms with van der Waals surface area (Å²) in [4.78, 5) is 2.47. The molecule has 1 N–H and O–H groups in total. The summed E-state index contributed by atoms with van der Waals surface area (Å²) in [6.45, 7) is 10.2. The van der Waals surface area contributed by atoms with Crippen molar-refractivity contribution >= 4 is 0 Å². The van der Waals surface area contributed by atoms with Crippen LogP contribution in [0.1, 0.15) is 20.3 Å². The number of likely N-dealkylation sites (tertiary alicyclic amines) is 1. The molecule has 1 saturated heterocycles. The van der Waals surface area contributed by atoms with Crippen LogP contribution in [0.2, 0.25) is 0 Å². The molecule has 0 saturated carbocycles. The van der Waals surface area contributed by atoms with E-state index in [9.17, 15) is 0 Å². The van der Waals surface area contributed by atoms with Crippen LogP contribution in [0, 0.1) is 5.92 Å². The summed E-state index contributed by atoms with van der Waals surface area (Å²) >= 11 is 0. The lowest BCUT2D eigenvalue weighted by atomic mass is 10.2. The number of nitrogens with zero attached hydrogens (tertiary/aromatic N) is 1. The van der Waals surface area contributed by atoms with E-state index in [2.05, 4.69) is 24.1 Å². The van der Waals surface area contributed by atoms with Gasteiger partial charge >= 0.3 is 0 Å². The summed E-state index contributed by atoms with van der Waals surface area (Å²) in [6.07, 6.45) is 1.67. The van der Waals surface area contributed by atoms with Gasteiger partial charge in [0.15, 0.2) is 0 Å². The Morgan fingerprint density at radius 1 is 1.50 bits per heavy atom. The van der Waals surface area contributed by atoms with Crippen LogP contribution in [-0.4, -0.2) is 50.8 Å². The van der Waals surface area contributed by atoms with Crippen molar-refractivity contribution in [3.8, 4) is 0 Å². The molecule has 3 heteroatoms. The Hall–Kier alpha value is -0.120. The van der Waals surface area contributed by atoms with Crippen molar-refractivity contribution in [3.05, 3.63) is 0 Å². The first-order valence-electron chi connectivity index (χ1n) is 5.68. The van der Waals surface area contributed by atoms with Crippen LogP contribution in [0.3, 0.4) is 0 Å². The first-order chi connectivity index (χ1) is 6.72. The first kappa shape index (κ1) is 12.0. The molecule has 0 radical (unpaired) electrons. The van der Waals surface area contributed by atoms with Crippen LogP contribution in [0.25, 0.3) is 0 Å². The second-order valence-corrected chi connectivity index (χ2v) is 4.54. The van der Waals surface area contributed by atoms with Gasteiger partial charge in [0.2, 0.25) is 0 Å². The zero-order valence-electron chi connectivity index (χ0n) is 9.75. The Morgan fingerprint density at radius 2 is 2.29 bits per heavy atom. The molecule has 14 heavy (non-hydrogen) atoms. The molecule has 0 aromatic heterocycles. The molecular formula is C11H24N2O. The van der Waals surface area contributed by atoms with E-state index >= 15 is 0 Å². The number of ether oxygens (including phenoxy) is 1. The van der Waals surface area contributed by atoms with Gasteiger partial charge in [-0.3, -0.25) is 4.90 Å². The van der Waals surface area contributed by atoms with Gasteiger partial charge < -0.3 is 10.1 Å². The molecule has 1 atom stereocenters. The fraction of sp³-hybridized carbons (Fsp3) is 1.00. The van der Waals surface area contributed by atoms with Crippen molar-refractivity contribution < 1.29 is 4.74 Å². The average molecular weight is 200 g/mol. The highest BCUT2D eigenvalue weighted by atomic mass is 16.5.